The van der Waals surface area contributed by atoms with Crippen molar-refractivity contribution in [2.24, 2.45) is 4.99 Å². The number of rotatable bonds is 6. The van der Waals surface area contributed by atoms with Crippen LogP contribution in [0.2, 0.25) is 0 Å². The first-order valence-electron chi connectivity index (χ1n) is 12.3. The number of amides is 1. The normalized spacial score (nSPS) is 18.5. The van der Waals surface area contributed by atoms with E-state index < -0.39 is 0 Å². The number of hydrogen-bond donors (Lipinski definition) is 3. The van der Waals surface area contributed by atoms with E-state index in [0.29, 0.717) is 12.1 Å². The lowest BCUT2D eigenvalue weighted by molar-refractivity contribution is 0.0966. The van der Waals surface area contributed by atoms with Gasteiger partial charge in [-0.1, -0.05) is 12.1 Å². The maximum atomic E-state index is 12.9. The van der Waals surface area contributed by atoms with Crippen LogP contribution in [-0.2, 0) is 6.54 Å². The standard InChI is InChI=1S/C27H33N7O/c1-4-19(21-6-5-13-33(3)26(21)28-2)20-8-9-23(25-22(20)17-31-27(25)35)32-24-10-7-18(16-30-24)34-14-11-29-12-15-34/h4,7-10,16,29H,2,5-6,11-15,17H2,1,3H3,(H,30,32)(H,31,35)/b19-4-. The van der Waals surface area contributed by atoms with E-state index in [1.54, 1.807) is 0 Å². The highest BCUT2D eigenvalue weighted by Crippen LogP contribution is 2.39. The molecule has 1 amide bonds. The molecule has 1 fully saturated rings. The smallest absolute Gasteiger partial charge is 0.254 e. The van der Waals surface area contributed by atoms with Gasteiger partial charge < -0.3 is 25.8 Å². The fourth-order valence-electron chi connectivity index (χ4n) is 5.32. The maximum Gasteiger partial charge on any atom is 0.254 e. The maximum absolute atomic E-state index is 12.9. The van der Waals surface area contributed by atoms with Crippen LogP contribution in [0.3, 0.4) is 0 Å². The quantitative estimate of drug-likeness (QED) is 0.559. The Morgan fingerprint density at radius 2 is 2.03 bits per heavy atom. The summed E-state index contributed by atoms with van der Waals surface area (Å²) in [6.07, 6.45) is 6.03. The number of pyridine rings is 1. The van der Waals surface area contributed by atoms with Gasteiger partial charge in [0.2, 0.25) is 0 Å². The molecule has 0 aliphatic carbocycles. The van der Waals surface area contributed by atoms with E-state index in [0.717, 1.165) is 85.3 Å². The molecule has 3 N–H and O–H groups in total. The first-order valence-corrected chi connectivity index (χ1v) is 12.3. The van der Waals surface area contributed by atoms with Crippen molar-refractivity contribution in [2.75, 3.05) is 50.0 Å². The molecule has 3 aliphatic rings. The number of nitrogens with one attached hydrogen (secondary N) is 3. The van der Waals surface area contributed by atoms with Crippen molar-refractivity contribution in [2.45, 2.75) is 26.3 Å². The van der Waals surface area contributed by atoms with Crippen molar-refractivity contribution in [3.05, 3.63) is 64.6 Å². The molecule has 0 bridgehead atoms. The van der Waals surface area contributed by atoms with Gasteiger partial charge in [0, 0.05) is 51.9 Å². The second-order valence-electron chi connectivity index (χ2n) is 9.15. The second kappa shape index (κ2) is 9.92. The topological polar surface area (TPSA) is 84.9 Å². The molecule has 5 rings (SSSR count). The van der Waals surface area contributed by atoms with Crippen molar-refractivity contribution in [3.8, 4) is 0 Å². The van der Waals surface area contributed by atoms with Gasteiger partial charge >= 0.3 is 0 Å². The monoisotopic (exact) mass is 471 g/mol. The number of carbonyl (C=O) groups excluding carboxylic acids is 1. The van der Waals surface area contributed by atoms with E-state index in [9.17, 15) is 4.79 Å². The van der Waals surface area contributed by atoms with Crippen molar-refractivity contribution >= 4 is 35.4 Å². The summed E-state index contributed by atoms with van der Waals surface area (Å²) < 4.78 is 0. The zero-order valence-electron chi connectivity index (χ0n) is 20.5. The summed E-state index contributed by atoms with van der Waals surface area (Å²) in [5.41, 5.74) is 6.96. The van der Waals surface area contributed by atoms with Crippen LogP contribution in [0.15, 0.2) is 52.9 Å². The van der Waals surface area contributed by atoms with Gasteiger partial charge in [0.1, 0.15) is 11.6 Å². The molecule has 3 aliphatic heterocycles. The lowest BCUT2D eigenvalue weighted by Gasteiger charge is -2.29. The molecule has 0 unspecified atom stereocenters. The molecule has 1 aromatic heterocycles. The summed E-state index contributed by atoms with van der Waals surface area (Å²) in [4.78, 5) is 26.3. The minimum Gasteiger partial charge on any atom is -0.368 e. The third kappa shape index (κ3) is 4.41. The molecule has 8 nitrogen and oxygen atoms in total. The van der Waals surface area contributed by atoms with Gasteiger partial charge in [-0.25, -0.2) is 9.98 Å². The lowest BCUT2D eigenvalue weighted by Crippen LogP contribution is -2.43. The van der Waals surface area contributed by atoms with Crippen LogP contribution in [0.25, 0.3) is 5.57 Å². The van der Waals surface area contributed by atoms with Crippen LogP contribution in [0.4, 0.5) is 17.2 Å². The van der Waals surface area contributed by atoms with E-state index in [4.69, 9.17) is 0 Å². The van der Waals surface area contributed by atoms with Crippen molar-refractivity contribution in [3.63, 3.8) is 0 Å². The van der Waals surface area contributed by atoms with Crippen LogP contribution in [0, 0.1) is 0 Å². The minimum absolute atomic E-state index is 0.0611. The van der Waals surface area contributed by atoms with Crippen LogP contribution in [-0.4, -0.2) is 62.3 Å². The average Bonchev–Trinajstić information content (AvgIpc) is 3.29. The molecule has 1 saturated heterocycles. The highest BCUT2D eigenvalue weighted by atomic mass is 16.1. The van der Waals surface area contributed by atoms with Gasteiger partial charge in [0.25, 0.3) is 5.91 Å². The summed E-state index contributed by atoms with van der Waals surface area (Å²) in [6.45, 7) is 11.3. The predicted molar refractivity (Wildman–Crippen MR) is 142 cm³/mol. The Hall–Kier alpha value is -3.65. The molecule has 8 heteroatoms. The number of fused-ring (bicyclic) bond motifs is 1. The van der Waals surface area contributed by atoms with Crippen LogP contribution >= 0.6 is 0 Å². The Balaban J connectivity index is 1.46. The van der Waals surface area contributed by atoms with Crippen LogP contribution in [0.1, 0.15) is 41.3 Å². The Labute approximate surface area is 206 Å². The fourth-order valence-corrected chi connectivity index (χ4v) is 5.32. The Morgan fingerprint density at radius 1 is 1.20 bits per heavy atom. The molecule has 1 aromatic carbocycles. The number of allylic oxidation sites excluding steroid dienone is 3. The second-order valence-corrected chi connectivity index (χ2v) is 9.15. The number of anilines is 3. The predicted octanol–water partition coefficient (Wildman–Crippen LogP) is 3.52. The zero-order valence-corrected chi connectivity index (χ0v) is 20.5. The van der Waals surface area contributed by atoms with E-state index >= 15 is 0 Å². The SMILES string of the molecule is C=NC1=C(/C(=C\C)c2ccc(Nc3ccc(N4CCNCC4)cn3)c3c2CNC3=O)CCCN1C. The summed E-state index contributed by atoms with van der Waals surface area (Å²) in [7, 11) is 2.05. The number of hydrogen-bond acceptors (Lipinski definition) is 7. The lowest BCUT2D eigenvalue weighted by atomic mass is 9.87. The molecule has 0 saturated carbocycles. The van der Waals surface area contributed by atoms with E-state index in [1.807, 2.05) is 25.3 Å². The molecule has 35 heavy (non-hydrogen) atoms. The van der Waals surface area contributed by atoms with Crippen molar-refractivity contribution in [1.29, 1.82) is 0 Å². The number of aromatic nitrogens is 1. The number of carbonyl (C=O) groups is 1. The number of aliphatic imine (C=N–C) groups is 1. The highest BCUT2D eigenvalue weighted by molar-refractivity contribution is 6.06. The number of nitrogens with zero attached hydrogens (tertiary/aromatic N) is 4. The van der Waals surface area contributed by atoms with Gasteiger partial charge in [-0.15, -0.1) is 0 Å². The Bertz CT molecular complexity index is 1190. The van der Waals surface area contributed by atoms with Gasteiger partial charge in [0.05, 0.1) is 23.1 Å². The third-order valence-electron chi connectivity index (χ3n) is 7.06. The Kier molecular flexibility index (Phi) is 6.55. The summed E-state index contributed by atoms with van der Waals surface area (Å²) >= 11 is 0. The van der Waals surface area contributed by atoms with Gasteiger partial charge in [0.15, 0.2) is 0 Å². The summed E-state index contributed by atoms with van der Waals surface area (Å²) in [6, 6.07) is 8.16. The first-order chi connectivity index (χ1) is 17.1. The molecular formula is C27H33N7O. The van der Waals surface area contributed by atoms with Gasteiger partial charge in [-0.05, 0) is 61.4 Å². The summed E-state index contributed by atoms with van der Waals surface area (Å²) in [5, 5.41) is 9.77. The minimum atomic E-state index is -0.0611. The number of benzene rings is 1. The first kappa shape index (κ1) is 23.1. The van der Waals surface area contributed by atoms with Crippen molar-refractivity contribution in [1.82, 2.24) is 20.5 Å². The Morgan fingerprint density at radius 3 is 2.74 bits per heavy atom. The van der Waals surface area contributed by atoms with Crippen LogP contribution in [0.5, 0.6) is 0 Å². The molecule has 0 atom stereocenters. The van der Waals surface area contributed by atoms with Crippen LogP contribution < -0.4 is 20.9 Å². The van der Waals surface area contributed by atoms with E-state index in [1.165, 1.54) is 5.57 Å². The fraction of sp³-hybridized carbons (Fsp3) is 0.370. The van der Waals surface area contributed by atoms with Gasteiger partial charge in [-0.3, -0.25) is 4.79 Å². The number of piperazine rings is 1. The molecule has 182 valence electrons. The largest absolute Gasteiger partial charge is 0.368 e. The van der Waals surface area contributed by atoms with Crippen molar-refractivity contribution < 1.29 is 4.79 Å². The molecule has 2 aromatic rings. The van der Waals surface area contributed by atoms with E-state index in [2.05, 4.69) is 67.7 Å². The molecular weight excluding hydrogens is 438 g/mol. The molecule has 0 spiro atoms. The summed E-state index contributed by atoms with van der Waals surface area (Å²) in [5.74, 6) is 1.58. The zero-order chi connectivity index (χ0) is 24.4. The van der Waals surface area contributed by atoms with E-state index in [-0.39, 0.29) is 5.91 Å². The van der Waals surface area contributed by atoms with Gasteiger partial charge in [-0.2, -0.15) is 0 Å². The highest BCUT2D eigenvalue weighted by Gasteiger charge is 2.29. The third-order valence-corrected chi connectivity index (χ3v) is 7.06. The molecule has 0 radical (unpaired) electrons. The molecule has 4 heterocycles. The average molecular weight is 472 g/mol.